The smallest absolute Gasteiger partial charge is 0.170 e. The summed E-state index contributed by atoms with van der Waals surface area (Å²) >= 11 is 13.5. The van der Waals surface area contributed by atoms with E-state index in [0.717, 1.165) is 23.9 Å². The normalized spacial score (nSPS) is 15.7. The highest BCUT2D eigenvalue weighted by atomic mass is 35.5. The summed E-state index contributed by atoms with van der Waals surface area (Å²) in [5.41, 5.74) is 0.855. The Morgan fingerprint density at radius 2 is 2.00 bits per heavy atom. The number of halogens is 1. The minimum absolute atomic E-state index is 0.644. The lowest BCUT2D eigenvalue weighted by atomic mass is 10.0. The summed E-state index contributed by atoms with van der Waals surface area (Å²) in [5, 5.41) is 8.61. The quantitative estimate of drug-likeness (QED) is 0.556. The fourth-order valence-corrected chi connectivity index (χ4v) is 4.19. The molecule has 0 aromatic heterocycles. The van der Waals surface area contributed by atoms with Crippen molar-refractivity contribution in [1.82, 2.24) is 5.32 Å². The fraction of sp³-hybridized carbons (Fsp3) is 0.562. The molecule has 0 saturated heterocycles. The van der Waals surface area contributed by atoms with Crippen LogP contribution in [0.15, 0.2) is 24.3 Å². The molecule has 0 atom stereocenters. The zero-order chi connectivity index (χ0) is 14.9. The number of hydrogen-bond donors (Lipinski definition) is 2. The second-order valence-corrected chi connectivity index (χ2v) is 7.57. The number of nitrogens with one attached hydrogen (secondary N) is 2. The summed E-state index contributed by atoms with van der Waals surface area (Å²) in [4.78, 5) is 0. The predicted molar refractivity (Wildman–Crippen MR) is 99.6 cm³/mol. The number of para-hydroxylation sites is 1. The largest absolute Gasteiger partial charge is 0.362 e. The Morgan fingerprint density at radius 1 is 1.24 bits per heavy atom. The van der Waals surface area contributed by atoms with Crippen molar-refractivity contribution in [3.05, 3.63) is 29.3 Å². The molecular weight excluding hydrogens is 320 g/mol. The fourth-order valence-electron chi connectivity index (χ4n) is 2.48. The molecule has 0 amide bonds. The molecule has 1 saturated carbocycles. The SMILES string of the molecule is S=C(NCCCSC1CCCCC1)Nc1ccccc1Cl. The molecule has 0 radical (unpaired) electrons. The van der Waals surface area contributed by atoms with Crippen LogP contribution in [-0.2, 0) is 0 Å². The number of thiocarbonyl (C=S) groups is 1. The van der Waals surface area contributed by atoms with Gasteiger partial charge in [0.05, 0.1) is 10.7 Å². The van der Waals surface area contributed by atoms with E-state index in [2.05, 4.69) is 22.4 Å². The zero-order valence-electron chi connectivity index (χ0n) is 12.2. The lowest BCUT2D eigenvalue weighted by Gasteiger charge is -2.20. The van der Waals surface area contributed by atoms with Gasteiger partial charge in [-0.1, -0.05) is 43.0 Å². The van der Waals surface area contributed by atoms with E-state index >= 15 is 0 Å². The number of benzene rings is 1. The minimum atomic E-state index is 0.644. The standard InChI is InChI=1S/C16H23ClN2S2/c17-14-9-4-5-10-15(14)19-16(20)18-11-6-12-21-13-7-2-1-3-8-13/h4-5,9-10,13H,1-3,6-8,11-12H2,(H2,18,19,20). The first-order chi connectivity index (χ1) is 10.3. The highest BCUT2D eigenvalue weighted by Crippen LogP contribution is 2.28. The molecule has 2 N–H and O–H groups in total. The molecule has 116 valence electrons. The molecule has 0 heterocycles. The predicted octanol–water partition coefficient (Wildman–Crippen LogP) is 5.08. The number of anilines is 1. The van der Waals surface area contributed by atoms with Crippen LogP contribution in [0.1, 0.15) is 38.5 Å². The second-order valence-electron chi connectivity index (χ2n) is 5.35. The maximum absolute atomic E-state index is 6.08. The first kappa shape index (κ1) is 16.9. The van der Waals surface area contributed by atoms with Gasteiger partial charge in [-0.25, -0.2) is 0 Å². The van der Waals surface area contributed by atoms with Gasteiger partial charge in [0.2, 0.25) is 0 Å². The van der Waals surface area contributed by atoms with E-state index in [0.29, 0.717) is 10.1 Å². The monoisotopic (exact) mass is 342 g/mol. The minimum Gasteiger partial charge on any atom is -0.362 e. The molecule has 5 heteroatoms. The van der Waals surface area contributed by atoms with Crippen molar-refractivity contribution in [2.24, 2.45) is 0 Å². The molecule has 1 aliphatic carbocycles. The molecule has 1 aliphatic rings. The van der Waals surface area contributed by atoms with Crippen molar-refractivity contribution < 1.29 is 0 Å². The highest BCUT2D eigenvalue weighted by Gasteiger charge is 2.12. The lowest BCUT2D eigenvalue weighted by Crippen LogP contribution is -2.29. The van der Waals surface area contributed by atoms with Crippen LogP contribution in [0.25, 0.3) is 0 Å². The third kappa shape index (κ3) is 6.45. The van der Waals surface area contributed by atoms with Crippen LogP contribution in [0.5, 0.6) is 0 Å². The van der Waals surface area contributed by atoms with Crippen LogP contribution in [-0.4, -0.2) is 22.7 Å². The molecule has 2 rings (SSSR count). The summed E-state index contributed by atoms with van der Waals surface area (Å²) in [6, 6.07) is 7.63. The van der Waals surface area contributed by atoms with E-state index in [-0.39, 0.29) is 0 Å². The molecule has 1 fully saturated rings. The van der Waals surface area contributed by atoms with E-state index in [4.69, 9.17) is 23.8 Å². The highest BCUT2D eigenvalue weighted by molar-refractivity contribution is 7.99. The van der Waals surface area contributed by atoms with Crippen molar-refractivity contribution >= 4 is 46.4 Å². The summed E-state index contributed by atoms with van der Waals surface area (Å²) in [5.74, 6) is 1.21. The van der Waals surface area contributed by atoms with Crippen LogP contribution in [0.3, 0.4) is 0 Å². The third-order valence-corrected chi connectivity index (χ3v) is 5.68. The third-order valence-electron chi connectivity index (χ3n) is 3.63. The van der Waals surface area contributed by atoms with E-state index in [9.17, 15) is 0 Å². The molecule has 0 bridgehead atoms. The Kier molecular flexibility index (Phi) is 7.69. The van der Waals surface area contributed by atoms with Gasteiger partial charge in [0.1, 0.15) is 0 Å². The van der Waals surface area contributed by atoms with Crippen LogP contribution < -0.4 is 10.6 Å². The van der Waals surface area contributed by atoms with Crippen molar-refractivity contribution in [2.75, 3.05) is 17.6 Å². The zero-order valence-corrected chi connectivity index (χ0v) is 14.6. The Balaban J connectivity index is 1.56. The first-order valence-electron chi connectivity index (χ1n) is 7.66. The van der Waals surface area contributed by atoms with Gasteiger partial charge in [-0.3, -0.25) is 0 Å². The van der Waals surface area contributed by atoms with Crippen LogP contribution in [0.2, 0.25) is 5.02 Å². The van der Waals surface area contributed by atoms with Gasteiger partial charge in [-0.2, -0.15) is 11.8 Å². The first-order valence-corrected chi connectivity index (χ1v) is 9.50. The van der Waals surface area contributed by atoms with Gasteiger partial charge in [-0.15, -0.1) is 0 Å². The maximum Gasteiger partial charge on any atom is 0.170 e. The maximum atomic E-state index is 6.08. The number of thioether (sulfide) groups is 1. The Morgan fingerprint density at radius 3 is 2.76 bits per heavy atom. The van der Waals surface area contributed by atoms with Gasteiger partial charge >= 0.3 is 0 Å². The van der Waals surface area contributed by atoms with Crippen LogP contribution in [0, 0.1) is 0 Å². The number of hydrogen-bond acceptors (Lipinski definition) is 2. The van der Waals surface area contributed by atoms with Gasteiger partial charge in [0, 0.05) is 11.8 Å². The summed E-state index contributed by atoms with van der Waals surface area (Å²) in [7, 11) is 0. The lowest BCUT2D eigenvalue weighted by molar-refractivity contribution is 0.516. The summed E-state index contributed by atoms with van der Waals surface area (Å²) < 4.78 is 0. The average molecular weight is 343 g/mol. The van der Waals surface area contributed by atoms with E-state index < -0.39 is 0 Å². The topological polar surface area (TPSA) is 24.1 Å². The summed E-state index contributed by atoms with van der Waals surface area (Å²) in [6.45, 7) is 0.913. The molecule has 0 spiro atoms. The van der Waals surface area contributed by atoms with E-state index in [1.54, 1.807) is 0 Å². The van der Waals surface area contributed by atoms with Crippen molar-refractivity contribution in [1.29, 1.82) is 0 Å². The van der Waals surface area contributed by atoms with Gasteiger partial charge in [0.25, 0.3) is 0 Å². The number of rotatable bonds is 6. The summed E-state index contributed by atoms with van der Waals surface area (Å²) in [6.07, 6.45) is 8.23. The molecule has 0 aliphatic heterocycles. The van der Waals surface area contributed by atoms with Gasteiger partial charge in [0.15, 0.2) is 5.11 Å². The molecule has 1 aromatic rings. The van der Waals surface area contributed by atoms with Crippen molar-refractivity contribution in [3.63, 3.8) is 0 Å². The Labute approximate surface area is 142 Å². The van der Waals surface area contributed by atoms with Gasteiger partial charge < -0.3 is 10.6 Å². The van der Waals surface area contributed by atoms with Gasteiger partial charge in [-0.05, 0) is 49.4 Å². The van der Waals surface area contributed by atoms with Crippen LogP contribution in [0.4, 0.5) is 5.69 Å². The molecular formula is C16H23ClN2S2. The molecule has 21 heavy (non-hydrogen) atoms. The molecule has 0 unspecified atom stereocenters. The Bertz CT molecular complexity index is 448. The van der Waals surface area contributed by atoms with Crippen LogP contribution >= 0.6 is 35.6 Å². The second kappa shape index (κ2) is 9.54. The average Bonchev–Trinajstić information content (AvgIpc) is 2.50. The molecule has 2 nitrogen and oxygen atoms in total. The van der Waals surface area contributed by atoms with Crippen molar-refractivity contribution in [3.8, 4) is 0 Å². The van der Waals surface area contributed by atoms with E-state index in [1.165, 1.54) is 37.9 Å². The molecule has 1 aromatic carbocycles. The Hall–Kier alpha value is -0.450. The van der Waals surface area contributed by atoms with E-state index in [1.807, 2.05) is 24.3 Å². The van der Waals surface area contributed by atoms with Crippen molar-refractivity contribution in [2.45, 2.75) is 43.8 Å².